The Morgan fingerprint density at radius 3 is 1.90 bits per heavy atom. The highest BCUT2D eigenvalue weighted by Gasteiger charge is 2.32. The van der Waals surface area contributed by atoms with Crippen LogP contribution < -0.4 is 5.73 Å². The van der Waals surface area contributed by atoms with Crippen molar-refractivity contribution in [3.05, 3.63) is 0 Å². The van der Waals surface area contributed by atoms with Crippen molar-refractivity contribution < 1.29 is 18.8 Å². The zero-order valence-electron chi connectivity index (χ0n) is 6.03. The summed E-state index contributed by atoms with van der Waals surface area (Å²) in [6.07, 6.45) is 0. The van der Waals surface area contributed by atoms with Crippen molar-refractivity contribution in [1.82, 2.24) is 0 Å². The van der Waals surface area contributed by atoms with E-state index in [1.54, 1.807) is 13.8 Å². The van der Waals surface area contributed by atoms with Crippen LogP contribution in [0.5, 0.6) is 0 Å². The van der Waals surface area contributed by atoms with Crippen molar-refractivity contribution >= 4 is 9.05 Å². The maximum atomic E-state index is 8.35. The molecule has 0 radical (unpaired) electrons. The first kappa shape index (κ1) is 10.0. The Morgan fingerprint density at radius 2 is 1.80 bits per heavy atom. The maximum absolute atomic E-state index is 8.35. The van der Waals surface area contributed by atoms with Gasteiger partial charge in [0.25, 0.3) is 0 Å². The molecule has 0 rings (SSSR count). The lowest BCUT2D eigenvalue weighted by atomic mass is 10.1. The highest BCUT2D eigenvalue weighted by Crippen LogP contribution is 1.99. The Bertz CT molecular complexity index is 90.8. The normalized spacial score (nSPS) is 13.8. The third kappa shape index (κ3) is 8.02. The molecular weight excluding hydrogens is 154 g/mol. The molecule has 0 aliphatic carbocycles. The third-order valence-corrected chi connectivity index (χ3v) is 1.17. The van der Waals surface area contributed by atoms with Crippen LogP contribution >= 0.6 is 0 Å². The fourth-order valence-electron chi connectivity index (χ4n) is 0.283. The topological polar surface area (TPSA) is 95.9 Å². The van der Waals surface area contributed by atoms with E-state index in [1.807, 2.05) is 0 Å². The van der Waals surface area contributed by atoms with E-state index in [1.165, 1.54) is 0 Å². The van der Waals surface area contributed by atoms with Crippen molar-refractivity contribution in [3.8, 4) is 0 Å². The lowest BCUT2D eigenvalue weighted by Crippen LogP contribution is -2.46. The predicted octanol–water partition coefficient (Wildman–Crippen LogP) is -1.85. The highest BCUT2D eigenvalue weighted by molar-refractivity contribution is 6.48. The molecular formula is C4H13NO4Si. The van der Waals surface area contributed by atoms with Crippen molar-refractivity contribution in [2.45, 2.75) is 19.4 Å². The summed E-state index contributed by atoms with van der Waals surface area (Å²) in [4.78, 5) is 25.1. The fraction of sp³-hybridized carbons (Fsp3) is 1.00. The SMILES string of the molecule is CC(C)(N)CO[Si](O)(O)O. The number of hydrogen-bond donors (Lipinski definition) is 4. The van der Waals surface area contributed by atoms with Crippen LogP contribution in [0.25, 0.3) is 0 Å². The van der Waals surface area contributed by atoms with Crippen LogP contribution in [0.1, 0.15) is 13.8 Å². The highest BCUT2D eigenvalue weighted by atomic mass is 28.4. The van der Waals surface area contributed by atoms with Crippen LogP contribution in [0.4, 0.5) is 0 Å². The van der Waals surface area contributed by atoms with Gasteiger partial charge in [-0.2, -0.15) is 0 Å². The summed E-state index contributed by atoms with van der Waals surface area (Å²) in [7, 11) is -4.35. The predicted molar refractivity (Wildman–Crippen MR) is 36.6 cm³/mol. The van der Waals surface area contributed by atoms with E-state index in [0.717, 1.165) is 0 Å². The summed E-state index contributed by atoms with van der Waals surface area (Å²) in [5, 5.41) is 0. The summed E-state index contributed by atoms with van der Waals surface area (Å²) in [5.74, 6) is 0. The molecule has 0 fully saturated rings. The molecule has 0 aliphatic rings. The van der Waals surface area contributed by atoms with Gasteiger partial charge >= 0.3 is 9.05 Å². The van der Waals surface area contributed by atoms with Gasteiger partial charge in [-0.3, -0.25) is 0 Å². The van der Waals surface area contributed by atoms with Gasteiger partial charge < -0.3 is 24.5 Å². The van der Waals surface area contributed by atoms with Gasteiger partial charge in [-0.25, -0.2) is 0 Å². The van der Waals surface area contributed by atoms with Crippen LogP contribution in [0.3, 0.4) is 0 Å². The van der Waals surface area contributed by atoms with Crippen LogP contribution in [0, 0.1) is 0 Å². The molecule has 6 heteroatoms. The second-order valence-electron chi connectivity index (χ2n) is 2.85. The van der Waals surface area contributed by atoms with E-state index >= 15 is 0 Å². The van der Waals surface area contributed by atoms with E-state index in [9.17, 15) is 0 Å². The molecule has 0 amide bonds. The molecule has 0 aromatic carbocycles. The monoisotopic (exact) mass is 167 g/mol. The summed E-state index contributed by atoms with van der Waals surface area (Å²) >= 11 is 0. The van der Waals surface area contributed by atoms with Crippen LogP contribution in [0.15, 0.2) is 0 Å². The second-order valence-corrected chi connectivity index (χ2v) is 4.29. The lowest BCUT2D eigenvalue weighted by Gasteiger charge is -2.20. The lowest BCUT2D eigenvalue weighted by molar-refractivity contribution is 0.0476. The third-order valence-electron chi connectivity index (χ3n) is 0.638. The zero-order valence-corrected chi connectivity index (χ0v) is 7.03. The van der Waals surface area contributed by atoms with Gasteiger partial charge in [-0.05, 0) is 13.8 Å². The number of hydrogen-bond acceptors (Lipinski definition) is 5. The van der Waals surface area contributed by atoms with E-state index in [-0.39, 0.29) is 6.61 Å². The maximum Gasteiger partial charge on any atom is 0.671 e. The Balaban J connectivity index is 3.56. The van der Waals surface area contributed by atoms with Crippen molar-refractivity contribution in [2.24, 2.45) is 5.73 Å². The second kappa shape index (κ2) is 2.95. The summed E-state index contributed by atoms with van der Waals surface area (Å²) in [6, 6.07) is 0. The average molecular weight is 167 g/mol. The largest absolute Gasteiger partial charge is 0.671 e. The van der Waals surface area contributed by atoms with Gasteiger partial charge in [0.2, 0.25) is 0 Å². The standard InChI is InChI=1S/C4H13NO4Si/c1-4(2,5)3-9-10(6,7)8/h6-8H,3,5H2,1-2H3. The Kier molecular flexibility index (Phi) is 2.95. The molecule has 0 unspecified atom stereocenters. The van der Waals surface area contributed by atoms with E-state index < -0.39 is 14.6 Å². The van der Waals surface area contributed by atoms with Crippen molar-refractivity contribution in [1.29, 1.82) is 0 Å². The molecule has 0 atom stereocenters. The minimum Gasteiger partial charge on any atom is -0.368 e. The molecule has 0 saturated carbocycles. The molecule has 5 N–H and O–H groups in total. The van der Waals surface area contributed by atoms with Crippen molar-refractivity contribution in [2.75, 3.05) is 6.61 Å². The molecule has 0 aromatic rings. The van der Waals surface area contributed by atoms with E-state index in [2.05, 4.69) is 4.43 Å². The van der Waals surface area contributed by atoms with Crippen LogP contribution in [0.2, 0.25) is 0 Å². The number of nitrogens with two attached hydrogens (primary N) is 1. The smallest absolute Gasteiger partial charge is 0.368 e. The minimum absolute atomic E-state index is 0.0806. The Labute approximate surface area is 60.5 Å². The molecule has 0 bridgehead atoms. The number of rotatable bonds is 3. The van der Waals surface area contributed by atoms with E-state index in [4.69, 9.17) is 20.1 Å². The summed E-state index contributed by atoms with van der Waals surface area (Å²) in [5.41, 5.74) is 4.75. The Morgan fingerprint density at radius 1 is 1.40 bits per heavy atom. The molecule has 0 saturated heterocycles. The van der Waals surface area contributed by atoms with Crippen LogP contribution in [-0.4, -0.2) is 35.6 Å². The average Bonchev–Trinajstić information content (AvgIpc) is 1.57. The molecule has 5 nitrogen and oxygen atoms in total. The first-order valence-corrected chi connectivity index (χ1v) is 4.56. The molecule has 10 heavy (non-hydrogen) atoms. The van der Waals surface area contributed by atoms with Gasteiger partial charge in [0.05, 0.1) is 6.61 Å². The quantitative estimate of drug-likeness (QED) is 0.370. The molecule has 0 spiro atoms. The molecule has 0 aliphatic heterocycles. The zero-order chi connectivity index (χ0) is 8.41. The van der Waals surface area contributed by atoms with Gasteiger partial charge in [0.1, 0.15) is 0 Å². The van der Waals surface area contributed by atoms with Gasteiger partial charge in [0, 0.05) is 5.54 Å². The van der Waals surface area contributed by atoms with Gasteiger partial charge in [-0.1, -0.05) is 0 Å². The van der Waals surface area contributed by atoms with Crippen LogP contribution in [-0.2, 0) is 4.43 Å². The molecule has 0 heterocycles. The Hall–Kier alpha value is 0.0169. The fourth-order valence-corrected chi connectivity index (χ4v) is 0.848. The van der Waals surface area contributed by atoms with E-state index in [0.29, 0.717) is 0 Å². The first-order chi connectivity index (χ1) is 4.21. The first-order valence-electron chi connectivity index (χ1n) is 2.81. The summed E-state index contributed by atoms with van der Waals surface area (Å²) < 4.78 is 4.27. The molecule has 0 aromatic heterocycles. The van der Waals surface area contributed by atoms with Gasteiger partial charge in [-0.15, -0.1) is 0 Å². The summed E-state index contributed by atoms with van der Waals surface area (Å²) in [6.45, 7) is 3.21. The van der Waals surface area contributed by atoms with Gasteiger partial charge in [0.15, 0.2) is 0 Å². The minimum atomic E-state index is -4.35. The molecule has 62 valence electrons. The van der Waals surface area contributed by atoms with Crippen molar-refractivity contribution in [3.63, 3.8) is 0 Å².